The smallest absolute Gasteiger partial charge is 0 e. The van der Waals surface area contributed by atoms with Gasteiger partial charge in [0.2, 0.25) is 0 Å². The summed E-state index contributed by atoms with van der Waals surface area (Å²) in [7, 11) is 0. The van der Waals surface area contributed by atoms with Gasteiger partial charge in [-0.3, -0.25) is 0 Å². The fourth-order valence-corrected chi connectivity index (χ4v) is 3.60. The Labute approximate surface area is 97.3 Å². The van der Waals surface area contributed by atoms with Crippen LogP contribution in [0.4, 0.5) is 0 Å². The van der Waals surface area contributed by atoms with Gasteiger partial charge in [-0.15, -0.1) is 0 Å². The highest BCUT2D eigenvalue weighted by Crippen LogP contribution is 2.37. The lowest BCUT2D eigenvalue weighted by Crippen LogP contribution is -2.19. The van der Waals surface area contributed by atoms with E-state index in [0.29, 0.717) is 0 Å². The first-order valence-corrected chi connectivity index (χ1v) is 7.24. The second-order valence-electron chi connectivity index (χ2n) is 6.49. The zero-order valence-electron chi connectivity index (χ0n) is 10.7. The van der Waals surface area contributed by atoms with E-state index in [0.717, 1.165) is 23.7 Å². The highest BCUT2D eigenvalue weighted by atomic mass is 14.3. The van der Waals surface area contributed by atoms with Crippen molar-refractivity contribution in [2.24, 2.45) is 23.7 Å². The van der Waals surface area contributed by atoms with Gasteiger partial charge in [0.15, 0.2) is 0 Å². The largest absolute Gasteiger partial charge is 0.0625 e. The summed E-state index contributed by atoms with van der Waals surface area (Å²) in [5.41, 5.74) is 0. The Kier molecular flexibility index (Phi) is 4.11. The van der Waals surface area contributed by atoms with E-state index < -0.39 is 0 Å². The molecule has 2 saturated carbocycles. The highest BCUT2D eigenvalue weighted by Gasteiger charge is 2.24. The van der Waals surface area contributed by atoms with E-state index in [2.05, 4.69) is 13.8 Å². The minimum Gasteiger partial charge on any atom is -0.0625 e. The number of hydrogen-bond donors (Lipinski definition) is 0. The molecule has 0 aromatic heterocycles. The van der Waals surface area contributed by atoms with Gasteiger partial charge in [-0.1, -0.05) is 65.2 Å². The van der Waals surface area contributed by atoms with Crippen molar-refractivity contribution in [3.63, 3.8) is 0 Å². The van der Waals surface area contributed by atoms with Crippen molar-refractivity contribution in [1.29, 1.82) is 0 Å². The third-order valence-corrected chi connectivity index (χ3v) is 4.94. The van der Waals surface area contributed by atoms with Gasteiger partial charge in [0.25, 0.3) is 0 Å². The molecule has 90 valence electrons. The first-order chi connectivity index (χ1) is 7.24. The maximum Gasteiger partial charge on any atom is 0 e. The molecule has 2 aliphatic carbocycles. The average molecular weight is 210 g/mol. The van der Waals surface area contributed by atoms with Crippen LogP contribution in [0.15, 0.2) is 0 Å². The summed E-state index contributed by atoms with van der Waals surface area (Å²) in [6.07, 6.45) is 13.7. The van der Waals surface area contributed by atoms with Gasteiger partial charge < -0.3 is 0 Å². The van der Waals surface area contributed by atoms with Crippen LogP contribution in [-0.4, -0.2) is 0 Å². The van der Waals surface area contributed by atoms with Crippen molar-refractivity contribution < 1.29 is 1.43 Å². The molecule has 0 heteroatoms. The zero-order chi connectivity index (χ0) is 10.7. The highest BCUT2D eigenvalue weighted by molar-refractivity contribution is 4.76. The Balaban J connectivity index is 0.00000128. The van der Waals surface area contributed by atoms with Crippen LogP contribution < -0.4 is 0 Å². The molecule has 0 bridgehead atoms. The minimum atomic E-state index is 0. The molecule has 0 atom stereocenters. The van der Waals surface area contributed by atoms with Crippen molar-refractivity contribution in [3.05, 3.63) is 0 Å². The van der Waals surface area contributed by atoms with Crippen LogP contribution in [0, 0.1) is 23.7 Å². The second kappa shape index (κ2) is 5.37. The topological polar surface area (TPSA) is 0 Å². The van der Waals surface area contributed by atoms with E-state index in [-0.39, 0.29) is 1.43 Å². The zero-order valence-corrected chi connectivity index (χ0v) is 10.7. The predicted octanol–water partition coefficient (Wildman–Crippen LogP) is 5.28. The molecular weight excluding hydrogens is 180 g/mol. The summed E-state index contributed by atoms with van der Waals surface area (Å²) in [5.74, 6) is 4.24. The molecule has 0 nitrogen and oxygen atoms in total. The number of rotatable bonds is 2. The molecule has 2 aliphatic rings. The second-order valence-corrected chi connectivity index (χ2v) is 6.49. The summed E-state index contributed by atoms with van der Waals surface area (Å²) >= 11 is 0. The Morgan fingerprint density at radius 3 is 1.33 bits per heavy atom. The Hall–Kier alpha value is 0. The maximum atomic E-state index is 2.43. The summed E-state index contributed by atoms with van der Waals surface area (Å²) < 4.78 is 0. The summed E-state index contributed by atoms with van der Waals surface area (Å²) in [4.78, 5) is 0. The van der Waals surface area contributed by atoms with Gasteiger partial charge in [0.05, 0.1) is 0 Å². The van der Waals surface area contributed by atoms with Crippen molar-refractivity contribution in [1.82, 2.24) is 0 Å². The van der Waals surface area contributed by atoms with Gasteiger partial charge in [-0.05, 0) is 30.1 Å². The molecule has 0 heterocycles. The van der Waals surface area contributed by atoms with Crippen LogP contribution in [-0.2, 0) is 0 Å². The van der Waals surface area contributed by atoms with E-state index in [4.69, 9.17) is 0 Å². The van der Waals surface area contributed by atoms with E-state index >= 15 is 0 Å². The fraction of sp³-hybridized carbons (Fsp3) is 1.00. The van der Waals surface area contributed by atoms with Crippen LogP contribution in [0.5, 0.6) is 0 Å². The molecule has 0 saturated heterocycles. The van der Waals surface area contributed by atoms with Crippen LogP contribution >= 0.6 is 0 Å². The molecule has 0 amide bonds. The van der Waals surface area contributed by atoms with Gasteiger partial charge in [0.1, 0.15) is 0 Å². The molecule has 0 aliphatic heterocycles. The van der Waals surface area contributed by atoms with Crippen molar-refractivity contribution in [2.45, 2.75) is 71.6 Å². The monoisotopic (exact) mass is 210 g/mol. The lowest BCUT2D eigenvalue weighted by molar-refractivity contribution is 0.201. The van der Waals surface area contributed by atoms with Gasteiger partial charge in [-0.2, -0.15) is 0 Å². The average Bonchev–Trinajstić information content (AvgIpc) is 2.25. The van der Waals surface area contributed by atoms with Crippen molar-refractivity contribution >= 4 is 0 Å². The molecular formula is C15H30. The number of hydrogen-bond acceptors (Lipinski definition) is 0. The normalized spacial score (nSPS) is 42.8. The first kappa shape index (κ1) is 11.5. The molecule has 0 aromatic carbocycles. The lowest BCUT2D eigenvalue weighted by Gasteiger charge is -2.32. The van der Waals surface area contributed by atoms with Crippen molar-refractivity contribution in [2.75, 3.05) is 0 Å². The maximum absolute atomic E-state index is 2.43. The fourth-order valence-electron chi connectivity index (χ4n) is 3.60. The predicted molar refractivity (Wildman–Crippen MR) is 69.0 cm³/mol. The standard InChI is InChI=1S/C15H28.H2/c1-12-3-7-14(8-4-12)11-15-9-5-13(2)6-10-15;/h12-15H,3-11H2,1-2H3;1H. The molecule has 15 heavy (non-hydrogen) atoms. The Morgan fingerprint density at radius 2 is 1.00 bits per heavy atom. The van der Waals surface area contributed by atoms with Crippen LogP contribution in [0.1, 0.15) is 73.1 Å². The molecule has 2 rings (SSSR count). The summed E-state index contributed by atoms with van der Waals surface area (Å²) in [6, 6.07) is 0. The molecule has 0 aromatic rings. The van der Waals surface area contributed by atoms with E-state index in [1.54, 1.807) is 6.42 Å². The molecule has 0 N–H and O–H groups in total. The minimum absolute atomic E-state index is 0. The SMILES string of the molecule is CC1CCC(CC2CCC(C)CC2)CC1.[HH]. The van der Waals surface area contributed by atoms with Crippen molar-refractivity contribution in [3.8, 4) is 0 Å². The van der Waals surface area contributed by atoms with Gasteiger partial charge >= 0.3 is 0 Å². The van der Waals surface area contributed by atoms with Crippen LogP contribution in [0.25, 0.3) is 0 Å². The van der Waals surface area contributed by atoms with Crippen LogP contribution in [0.3, 0.4) is 0 Å². The first-order valence-electron chi connectivity index (χ1n) is 7.24. The molecule has 0 unspecified atom stereocenters. The van der Waals surface area contributed by atoms with Gasteiger partial charge in [0, 0.05) is 1.43 Å². The van der Waals surface area contributed by atoms with Gasteiger partial charge in [-0.25, -0.2) is 0 Å². The quantitative estimate of drug-likeness (QED) is 0.582. The Morgan fingerprint density at radius 1 is 0.667 bits per heavy atom. The van der Waals surface area contributed by atoms with E-state index in [9.17, 15) is 0 Å². The molecule has 2 fully saturated rings. The van der Waals surface area contributed by atoms with E-state index in [1.165, 1.54) is 51.4 Å². The van der Waals surface area contributed by atoms with Crippen LogP contribution in [0.2, 0.25) is 0 Å². The van der Waals surface area contributed by atoms with E-state index in [1.807, 2.05) is 0 Å². The molecule has 0 radical (unpaired) electrons. The Bertz CT molecular complexity index is 154. The summed E-state index contributed by atoms with van der Waals surface area (Å²) in [5, 5.41) is 0. The third kappa shape index (κ3) is 3.50. The lowest BCUT2D eigenvalue weighted by atomic mass is 9.74. The molecule has 0 spiro atoms. The summed E-state index contributed by atoms with van der Waals surface area (Å²) in [6.45, 7) is 4.86. The third-order valence-electron chi connectivity index (χ3n) is 4.94.